The lowest BCUT2D eigenvalue weighted by Gasteiger charge is -2.28. The summed E-state index contributed by atoms with van der Waals surface area (Å²) in [5.41, 5.74) is 1.58. The van der Waals surface area contributed by atoms with Gasteiger partial charge in [-0.1, -0.05) is 13.0 Å². The summed E-state index contributed by atoms with van der Waals surface area (Å²) in [6.45, 7) is 3.95. The number of alkyl halides is 3. The van der Waals surface area contributed by atoms with E-state index in [9.17, 15) is 18.0 Å². The van der Waals surface area contributed by atoms with Crippen LogP contribution in [-0.4, -0.2) is 46.3 Å². The molecule has 1 aliphatic heterocycles. The van der Waals surface area contributed by atoms with Crippen molar-refractivity contribution >= 4 is 12.1 Å². The van der Waals surface area contributed by atoms with Crippen molar-refractivity contribution in [2.75, 3.05) is 25.1 Å². The molecule has 10 heteroatoms. The summed E-state index contributed by atoms with van der Waals surface area (Å²) in [6, 6.07) is 5.57. The quantitative estimate of drug-likeness (QED) is 0.673. The van der Waals surface area contributed by atoms with Crippen molar-refractivity contribution < 1.29 is 22.7 Å². The number of ether oxygens (including phenoxy) is 1. The molecule has 0 saturated heterocycles. The van der Waals surface area contributed by atoms with Gasteiger partial charge in [0, 0.05) is 26.7 Å². The van der Waals surface area contributed by atoms with Crippen LogP contribution in [0.2, 0.25) is 0 Å². The summed E-state index contributed by atoms with van der Waals surface area (Å²) in [6.07, 6.45) is -2.95. The predicted molar refractivity (Wildman–Crippen MR) is 95.8 cm³/mol. The highest BCUT2D eigenvalue weighted by Crippen LogP contribution is 2.31. The Morgan fingerprint density at radius 1 is 1.29 bits per heavy atom. The summed E-state index contributed by atoms with van der Waals surface area (Å²) >= 11 is 0. The maximum Gasteiger partial charge on any atom is 0.451 e. The Bertz CT molecular complexity index is 837. The van der Waals surface area contributed by atoms with Crippen LogP contribution in [-0.2, 0) is 30.6 Å². The number of aromatic nitrogens is 3. The number of halogens is 3. The first kappa shape index (κ1) is 20.1. The number of rotatable bonds is 7. The fourth-order valence-corrected chi connectivity index (χ4v) is 3.14. The summed E-state index contributed by atoms with van der Waals surface area (Å²) in [5.74, 6) is -0.0328. The van der Waals surface area contributed by atoms with Crippen LogP contribution in [0.4, 0.5) is 18.9 Å². The number of anilines is 1. The second-order valence-electron chi connectivity index (χ2n) is 6.67. The Labute approximate surface area is 160 Å². The summed E-state index contributed by atoms with van der Waals surface area (Å²) < 4.78 is 45.7. The Balaban J connectivity index is 1.75. The minimum Gasteiger partial charge on any atom is -0.491 e. The van der Waals surface area contributed by atoms with E-state index in [0.717, 1.165) is 16.6 Å². The molecule has 1 aromatic carbocycles. The molecule has 1 aliphatic rings. The standard InChI is InChI=1S/C18H22F3N5O2/c1-3-8-28-15-5-4-13(9-14(15)24(2)12-27)10-25-6-7-26-16(11-25)22-23-17(26)18(19,20)21/h4-5,9,12H,3,6-8,10-11H2,1-2H3. The van der Waals surface area contributed by atoms with Gasteiger partial charge in [0.2, 0.25) is 12.2 Å². The SMILES string of the molecule is CCCOc1ccc(CN2CCn3c(nnc3C(F)(F)F)C2)cc1N(C)C=O. The monoisotopic (exact) mass is 397 g/mol. The van der Waals surface area contributed by atoms with E-state index in [2.05, 4.69) is 10.2 Å². The first-order chi connectivity index (χ1) is 13.3. The maximum atomic E-state index is 13.0. The molecule has 152 valence electrons. The fraction of sp³-hybridized carbons (Fsp3) is 0.500. The number of carbonyl (C=O) groups excluding carboxylic acids is 1. The zero-order valence-electron chi connectivity index (χ0n) is 15.7. The van der Waals surface area contributed by atoms with E-state index in [1.165, 1.54) is 4.90 Å². The Morgan fingerprint density at radius 3 is 2.75 bits per heavy atom. The van der Waals surface area contributed by atoms with Gasteiger partial charge >= 0.3 is 6.18 Å². The van der Waals surface area contributed by atoms with Gasteiger partial charge in [0.15, 0.2) is 0 Å². The van der Waals surface area contributed by atoms with Crippen LogP contribution in [0.5, 0.6) is 5.75 Å². The second kappa shape index (κ2) is 8.17. The first-order valence-electron chi connectivity index (χ1n) is 8.99. The zero-order chi connectivity index (χ0) is 20.3. The van der Waals surface area contributed by atoms with Gasteiger partial charge in [-0.25, -0.2) is 0 Å². The molecule has 7 nitrogen and oxygen atoms in total. The Kier molecular flexibility index (Phi) is 5.87. The molecule has 0 unspecified atom stereocenters. The van der Waals surface area contributed by atoms with E-state index in [4.69, 9.17) is 4.74 Å². The van der Waals surface area contributed by atoms with E-state index in [1.54, 1.807) is 7.05 Å². The first-order valence-corrected chi connectivity index (χ1v) is 8.99. The molecule has 0 bridgehead atoms. The van der Waals surface area contributed by atoms with Crippen LogP contribution in [0.1, 0.15) is 30.6 Å². The average molecular weight is 397 g/mol. The molecule has 2 aromatic rings. The highest BCUT2D eigenvalue weighted by molar-refractivity contribution is 5.78. The third-order valence-corrected chi connectivity index (χ3v) is 4.52. The van der Waals surface area contributed by atoms with Crippen LogP contribution in [0.3, 0.4) is 0 Å². The summed E-state index contributed by atoms with van der Waals surface area (Å²) in [4.78, 5) is 14.6. The fourth-order valence-electron chi connectivity index (χ4n) is 3.14. The molecule has 1 amide bonds. The lowest BCUT2D eigenvalue weighted by molar-refractivity contribution is -0.148. The van der Waals surface area contributed by atoms with Crippen molar-refractivity contribution in [3.63, 3.8) is 0 Å². The van der Waals surface area contributed by atoms with Gasteiger partial charge in [-0.15, -0.1) is 10.2 Å². The molecule has 0 atom stereocenters. The second-order valence-corrected chi connectivity index (χ2v) is 6.67. The highest BCUT2D eigenvalue weighted by atomic mass is 19.4. The van der Waals surface area contributed by atoms with Crippen molar-refractivity contribution in [2.45, 2.75) is 39.2 Å². The number of hydrogen-bond donors (Lipinski definition) is 0. The van der Waals surface area contributed by atoms with Crippen LogP contribution in [0.25, 0.3) is 0 Å². The van der Waals surface area contributed by atoms with E-state index >= 15 is 0 Å². The molecule has 0 fully saturated rings. The molecular formula is C18H22F3N5O2. The molecule has 28 heavy (non-hydrogen) atoms. The molecule has 1 aromatic heterocycles. The van der Waals surface area contributed by atoms with Crippen molar-refractivity contribution in [1.82, 2.24) is 19.7 Å². The van der Waals surface area contributed by atoms with Crippen molar-refractivity contribution in [1.29, 1.82) is 0 Å². The Hall–Kier alpha value is -2.62. The normalized spacial score (nSPS) is 14.6. The van der Waals surface area contributed by atoms with Gasteiger partial charge in [-0.05, 0) is 24.1 Å². The number of fused-ring (bicyclic) bond motifs is 1. The van der Waals surface area contributed by atoms with Gasteiger partial charge in [0.1, 0.15) is 11.6 Å². The van der Waals surface area contributed by atoms with Gasteiger partial charge in [0.05, 0.1) is 18.8 Å². The minimum atomic E-state index is -4.50. The molecule has 0 spiro atoms. The number of carbonyl (C=O) groups is 1. The van der Waals surface area contributed by atoms with E-state index < -0.39 is 12.0 Å². The third kappa shape index (κ3) is 4.27. The van der Waals surface area contributed by atoms with E-state index in [1.807, 2.05) is 30.0 Å². The lowest BCUT2D eigenvalue weighted by atomic mass is 10.1. The topological polar surface area (TPSA) is 63.5 Å². The van der Waals surface area contributed by atoms with Crippen LogP contribution < -0.4 is 9.64 Å². The smallest absolute Gasteiger partial charge is 0.451 e. The van der Waals surface area contributed by atoms with E-state index in [0.29, 0.717) is 43.4 Å². The third-order valence-electron chi connectivity index (χ3n) is 4.52. The largest absolute Gasteiger partial charge is 0.491 e. The van der Waals surface area contributed by atoms with Crippen molar-refractivity contribution in [2.24, 2.45) is 0 Å². The van der Waals surface area contributed by atoms with Crippen LogP contribution in [0, 0.1) is 0 Å². The van der Waals surface area contributed by atoms with Gasteiger partial charge in [0.25, 0.3) is 0 Å². The average Bonchev–Trinajstić information content (AvgIpc) is 3.10. The number of hydrogen-bond acceptors (Lipinski definition) is 5. The summed E-state index contributed by atoms with van der Waals surface area (Å²) in [7, 11) is 1.65. The van der Waals surface area contributed by atoms with Crippen LogP contribution in [0.15, 0.2) is 18.2 Å². The summed E-state index contributed by atoms with van der Waals surface area (Å²) in [5, 5.41) is 7.00. The van der Waals surface area contributed by atoms with Crippen molar-refractivity contribution in [3.8, 4) is 5.75 Å². The molecule has 2 heterocycles. The lowest BCUT2D eigenvalue weighted by Crippen LogP contribution is -2.35. The number of benzene rings is 1. The zero-order valence-corrected chi connectivity index (χ0v) is 15.7. The maximum absolute atomic E-state index is 13.0. The van der Waals surface area contributed by atoms with Gasteiger partial charge in [-0.3, -0.25) is 9.69 Å². The van der Waals surface area contributed by atoms with Gasteiger partial charge in [-0.2, -0.15) is 13.2 Å². The molecule has 0 N–H and O–H groups in total. The molecule has 3 rings (SSSR count). The molecule has 0 saturated carbocycles. The minimum absolute atomic E-state index is 0.177. The van der Waals surface area contributed by atoms with Crippen LogP contribution >= 0.6 is 0 Å². The predicted octanol–water partition coefficient (Wildman–Crippen LogP) is 2.69. The van der Waals surface area contributed by atoms with Crippen molar-refractivity contribution in [3.05, 3.63) is 35.4 Å². The number of nitrogens with zero attached hydrogens (tertiary/aromatic N) is 5. The number of amides is 1. The molecular weight excluding hydrogens is 375 g/mol. The molecule has 0 aliphatic carbocycles. The highest BCUT2D eigenvalue weighted by Gasteiger charge is 2.39. The van der Waals surface area contributed by atoms with E-state index in [-0.39, 0.29) is 13.1 Å². The van der Waals surface area contributed by atoms with Gasteiger partial charge < -0.3 is 14.2 Å². The Morgan fingerprint density at radius 2 is 2.07 bits per heavy atom. The molecule has 0 radical (unpaired) electrons.